The Morgan fingerprint density at radius 1 is 1.07 bits per heavy atom. The van der Waals surface area contributed by atoms with Gasteiger partial charge in [0.15, 0.2) is 5.11 Å². The lowest BCUT2D eigenvalue weighted by Crippen LogP contribution is -2.45. The molecule has 0 saturated carbocycles. The van der Waals surface area contributed by atoms with Crippen molar-refractivity contribution in [3.05, 3.63) is 64.4 Å². The molecule has 2 aromatic carbocycles. The number of anilines is 1. The van der Waals surface area contributed by atoms with Crippen LogP contribution in [0.3, 0.4) is 0 Å². The molecule has 3 N–H and O–H groups in total. The molecule has 29 heavy (non-hydrogen) atoms. The summed E-state index contributed by atoms with van der Waals surface area (Å²) in [6.45, 7) is 5.79. The summed E-state index contributed by atoms with van der Waals surface area (Å²) in [7, 11) is 3.19. The van der Waals surface area contributed by atoms with Crippen LogP contribution in [0, 0.1) is 13.8 Å². The van der Waals surface area contributed by atoms with E-state index >= 15 is 0 Å². The Morgan fingerprint density at radius 3 is 2.52 bits per heavy atom. The lowest BCUT2D eigenvalue weighted by Gasteiger charge is -2.31. The number of carbonyl (C=O) groups excluding carboxylic acids is 1. The number of thiocarbonyl (C=S) groups is 1. The molecule has 1 atom stereocenters. The third-order valence-electron chi connectivity index (χ3n) is 4.90. The highest BCUT2D eigenvalue weighted by Crippen LogP contribution is 2.36. The van der Waals surface area contributed by atoms with Gasteiger partial charge in [-0.1, -0.05) is 12.1 Å². The monoisotopic (exact) mass is 411 g/mol. The second-order valence-electron chi connectivity index (χ2n) is 6.95. The van der Waals surface area contributed by atoms with Crippen LogP contribution in [0.2, 0.25) is 0 Å². The zero-order chi connectivity index (χ0) is 21.1. The quantitative estimate of drug-likeness (QED) is 0.651. The second-order valence-corrected chi connectivity index (χ2v) is 7.36. The van der Waals surface area contributed by atoms with Crippen molar-refractivity contribution < 1.29 is 14.3 Å². The van der Waals surface area contributed by atoms with Crippen LogP contribution in [-0.4, -0.2) is 25.2 Å². The Balaban J connectivity index is 2.05. The van der Waals surface area contributed by atoms with Gasteiger partial charge in [-0.25, -0.2) is 0 Å². The van der Waals surface area contributed by atoms with Gasteiger partial charge in [0.2, 0.25) is 0 Å². The van der Waals surface area contributed by atoms with Crippen LogP contribution < -0.4 is 25.4 Å². The number of rotatable bonds is 5. The molecular weight excluding hydrogens is 386 g/mol. The van der Waals surface area contributed by atoms with Crippen molar-refractivity contribution in [2.45, 2.75) is 26.8 Å². The summed E-state index contributed by atoms with van der Waals surface area (Å²) in [5.74, 6) is 1.09. The summed E-state index contributed by atoms with van der Waals surface area (Å²) in [4.78, 5) is 13.3. The van der Waals surface area contributed by atoms with Crippen molar-refractivity contribution >= 4 is 28.9 Å². The van der Waals surface area contributed by atoms with Crippen molar-refractivity contribution in [3.8, 4) is 11.5 Å². The van der Waals surface area contributed by atoms with Crippen molar-refractivity contribution in [2.24, 2.45) is 0 Å². The smallest absolute Gasteiger partial charge is 0.255 e. The number of methoxy groups -OCH3 is 2. The van der Waals surface area contributed by atoms with Crippen LogP contribution in [0.25, 0.3) is 0 Å². The second kappa shape index (κ2) is 8.53. The van der Waals surface area contributed by atoms with Crippen LogP contribution in [0.4, 0.5) is 5.69 Å². The maximum absolute atomic E-state index is 13.3. The first kappa shape index (κ1) is 20.7. The number of hydrogen-bond acceptors (Lipinski definition) is 4. The molecule has 1 aliphatic rings. The average Bonchev–Trinajstić information content (AvgIpc) is 2.69. The highest BCUT2D eigenvalue weighted by Gasteiger charge is 2.32. The van der Waals surface area contributed by atoms with Crippen molar-refractivity contribution in [1.82, 2.24) is 10.6 Å². The minimum absolute atomic E-state index is 0.214. The third kappa shape index (κ3) is 4.35. The predicted octanol–water partition coefficient (Wildman–Crippen LogP) is 3.75. The normalized spacial score (nSPS) is 16.0. The van der Waals surface area contributed by atoms with Gasteiger partial charge in [-0.15, -0.1) is 0 Å². The summed E-state index contributed by atoms with van der Waals surface area (Å²) in [5, 5.41) is 9.74. The van der Waals surface area contributed by atoms with E-state index in [1.165, 1.54) is 0 Å². The maximum atomic E-state index is 13.3. The largest absolute Gasteiger partial charge is 0.497 e. The van der Waals surface area contributed by atoms with E-state index in [4.69, 9.17) is 21.7 Å². The molecule has 0 saturated heterocycles. The molecular formula is C22H25N3O3S. The Hall–Kier alpha value is -3.06. The molecule has 1 amide bonds. The maximum Gasteiger partial charge on any atom is 0.255 e. The van der Waals surface area contributed by atoms with E-state index in [1.54, 1.807) is 14.2 Å². The van der Waals surface area contributed by atoms with Crippen LogP contribution >= 0.6 is 12.2 Å². The molecule has 152 valence electrons. The van der Waals surface area contributed by atoms with E-state index in [9.17, 15) is 4.79 Å². The number of nitrogens with one attached hydrogen (secondary N) is 3. The van der Waals surface area contributed by atoms with Crippen molar-refractivity contribution in [3.63, 3.8) is 0 Å². The first-order chi connectivity index (χ1) is 13.8. The first-order valence-electron chi connectivity index (χ1n) is 9.23. The number of benzene rings is 2. The van der Waals surface area contributed by atoms with Crippen LogP contribution in [-0.2, 0) is 4.79 Å². The summed E-state index contributed by atoms with van der Waals surface area (Å²) < 4.78 is 10.9. The van der Waals surface area contributed by atoms with Gasteiger partial charge in [0.05, 0.1) is 25.8 Å². The standard InChI is InChI=1S/C22H25N3O3S/c1-12-6-7-13(2)17(10-12)24-21(26)19-14(3)23-22(29)25-20(19)16-11-15(27-4)8-9-18(16)28-5/h6-11,20H,1-5H3,(H,24,26)(H2,23,25,29)/t20-/m1/s1. The Morgan fingerprint density at radius 2 is 1.83 bits per heavy atom. The molecule has 3 rings (SSSR count). The molecule has 1 heterocycles. The highest BCUT2D eigenvalue weighted by molar-refractivity contribution is 7.80. The van der Waals surface area contributed by atoms with Crippen molar-refractivity contribution in [2.75, 3.05) is 19.5 Å². The molecule has 0 aromatic heterocycles. The molecule has 0 aliphatic carbocycles. The van der Waals surface area contributed by atoms with Gasteiger partial charge in [-0.3, -0.25) is 4.79 Å². The molecule has 0 fully saturated rings. The number of amides is 1. The average molecular weight is 412 g/mol. The van der Waals surface area contributed by atoms with Crippen LogP contribution in [0.15, 0.2) is 47.7 Å². The van der Waals surface area contributed by atoms with Gasteiger partial charge >= 0.3 is 0 Å². The van der Waals surface area contributed by atoms with E-state index in [2.05, 4.69) is 16.0 Å². The molecule has 6 nitrogen and oxygen atoms in total. The highest BCUT2D eigenvalue weighted by atomic mass is 32.1. The fourth-order valence-electron chi connectivity index (χ4n) is 3.35. The molecule has 0 bridgehead atoms. The number of ether oxygens (including phenoxy) is 2. The molecule has 1 aliphatic heterocycles. The third-order valence-corrected chi connectivity index (χ3v) is 5.12. The summed E-state index contributed by atoms with van der Waals surface area (Å²) in [6, 6.07) is 11.0. The minimum Gasteiger partial charge on any atom is -0.497 e. The van der Waals surface area contributed by atoms with Gasteiger partial charge in [0, 0.05) is 16.9 Å². The Labute approximate surface area is 176 Å². The van der Waals surface area contributed by atoms with E-state index in [0.717, 1.165) is 22.4 Å². The zero-order valence-electron chi connectivity index (χ0n) is 17.2. The predicted molar refractivity (Wildman–Crippen MR) is 118 cm³/mol. The van der Waals surface area contributed by atoms with Gasteiger partial charge < -0.3 is 25.4 Å². The number of allylic oxidation sites excluding steroid dienone is 1. The SMILES string of the molecule is COc1ccc(OC)c([C@H]2NC(=S)NC(C)=C2C(=O)Nc2cc(C)ccc2C)c1. The molecule has 0 unspecified atom stereocenters. The van der Waals surface area contributed by atoms with E-state index in [1.807, 2.05) is 57.2 Å². The number of carbonyl (C=O) groups is 1. The lowest BCUT2D eigenvalue weighted by atomic mass is 9.93. The Bertz CT molecular complexity index is 1000. The van der Waals surface area contributed by atoms with Gasteiger partial charge in [0.25, 0.3) is 5.91 Å². The first-order valence-corrected chi connectivity index (χ1v) is 9.63. The van der Waals surface area contributed by atoms with Crippen LogP contribution in [0.1, 0.15) is 29.7 Å². The Kier molecular flexibility index (Phi) is 6.08. The van der Waals surface area contributed by atoms with Gasteiger partial charge in [-0.2, -0.15) is 0 Å². The van der Waals surface area contributed by atoms with Crippen LogP contribution in [0.5, 0.6) is 11.5 Å². The van der Waals surface area contributed by atoms with Gasteiger partial charge in [0.1, 0.15) is 11.5 Å². The lowest BCUT2D eigenvalue weighted by molar-refractivity contribution is -0.113. The molecule has 0 radical (unpaired) electrons. The summed E-state index contributed by atoms with van der Waals surface area (Å²) in [6.07, 6.45) is 0. The van der Waals surface area contributed by atoms with E-state index in [-0.39, 0.29) is 5.91 Å². The topological polar surface area (TPSA) is 71.6 Å². The zero-order valence-corrected chi connectivity index (χ0v) is 18.0. The summed E-state index contributed by atoms with van der Waals surface area (Å²) in [5.41, 5.74) is 4.83. The van der Waals surface area contributed by atoms with Crippen molar-refractivity contribution in [1.29, 1.82) is 0 Å². The molecule has 0 spiro atoms. The van der Waals surface area contributed by atoms with E-state index in [0.29, 0.717) is 27.9 Å². The number of hydrogen-bond donors (Lipinski definition) is 3. The molecule has 2 aromatic rings. The van der Waals surface area contributed by atoms with Gasteiger partial charge in [-0.05, 0) is 68.4 Å². The summed E-state index contributed by atoms with van der Waals surface area (Å²) >= 11 is 5.35. The fraction of sp³-hybridized carbons (Fsp3) is 0.273. The van der Waals surface area contributed by atoms with E-state index < -0.39 is 6.04 Å². The fourth-order valence-corrected chi connectivity index (χ4v) is 3.62. The molecule has 7 heteroatoms. The number of aryl methyl sites for hydroxylation is 2. The minimum atomic E-state index is -0.487.